The normalized spacial score (nSPS) is 18.0. The lowest BCUT2D eigenvalue weighted by Gasteiger charge is -2.39. The van der Waals surface area contributed by atoms with Crippen LogP contribution in [-0.4, -0.2) is 51.7 Å². The van der Waals surface area contributed by atoms with E-state index in [-0.39, 0.29) is 23.6 Å². The average Bonchev–Trinajstić information content (AvgIpc) is 3.05. The molecule has 0 spiro atoms. The van der Waals surface area contributed by atoms with Gasteiger partial charge in [-0.1, -0.05) is 12.1 Å². The van der Waals surface area contributed by atoms with Crippen molar-refractivity contribution in [3.05, 3.63) is 41.5 Å². The standard InChI is InChI=1S/C16H18ClFN4OS/c1-11-10-21(6-7-22(11)15(23)9-17)16-19-14(20-24-16)8-12-2-4-13(18)5-3-12/h2-5,11H,6-10H2,1H3. The van der Waals surface area contributed by atoms with E-state index in [2.05, 4.69) is 14.3 Å². The van der Waals surface area contributed by atoms with Crippen molar-refractivity contribution in [2.45, 2.75) is 19.4 Å². The molecule has 1 aliphatic rings. The Morgan fingerprint density at radius 3 is 2.79 bits per heavy atom. The van der Waals surface area contributed by atoms with Gasteiger partial charge in [-0.3, -0.25) is 4.79 Å². The number of anilines is 1. The van der Waals surface area contributed by atoms with Crippen LogP contribution >= 0.6 is 23.1 Å². The first kappa shape index (κ1) is 17.1. The molecule has 1 aliphatic heterocycles. The lowest BCUT2D eigenvalue weighted by atomic mass is 10.1. The lowest BCUT2D eigenvalue weighted by molar-refractivity contribution is -0.130. The highest BCUT2D eigenvalue weighted by molar-refractivity contribution is 7.09. The second-order valence-electron chi connectivity index (χ2n) is 5.81. The second-order valence-corrected chi connectivity index (χ2v) is 6.81. The number of benzene rings is 1. The van der Waals surface area contributed by atoms with Crippen LogP contribution < -0.4 is 4.90 Å². The zero-order valence-corrected chi connectivity index (χ0v) is 14.9. The highest BCUT2D eigenvalue weighted by Crippen LogP contribution is 2.22. The number of carbonyl (C=O) groups is 1. The number of amides is 1. The fourth-order valence-electron chi connectivity index (χ4n) is 2.81. The van der Waals surface area contributed by atoms with Crippen LogP contribution in [0.3, 0.4) is 0 Å². The Labute approximate surface area is 149 Å². The summed E-state index contributed by atoms with van der Waals surface area (Å²) in [5.41, 5.74) is 0.978. The largest absolute Gasteiger partial charge is 0.343 e. The number of hydrogen-bond donors (Lipinski definition) is 0. The predicted molar refractivity (Wildman–Crippen MR) is 93.2 cm³/mol. The van der Waals surface area contributed by atoms with Gasteiger partial charge < -0.3 is 9.80 Å². The van der Waals surface area contributed by atoms with Gasteiger partial charge in [0.2, 0.25) is 11.0 Å². The Morgan fingerprint density at radius 2 is 2.12 bits per heavy atom. The van der Waals surface area contributed by atoms with Crippen LogP contribution in [0.15, 0.2) is 24.3 Å². The van der Waals surface area contributed by atoms with Crippen LogP contribution in [0.5, 0.6) is 0 Å². The maximum atomic E-state index is 13.0. The van der Waals surface area contributed by atoms with Crippen molar-refractivity contribution in [2.75, 3.05) is 30.4 Å². The molecule has 0 saturated carbocycles. The van der Waals surface area contributed by atoms with Gasteiger partial charge in [-0.2, -0.15) is 4.37 Å². The molecule has 8 heteroatoms. The van der Waals surface area contributed by atoms with Crippen LogP contribution in [0.1, 0.15) is 18.3 Å². The van der Waals surface area contributed by atoms with E-state index in [0.29, 0.717) is 19.5 Å². The van der Waals surface area contributed by atoms with Crippen molar-refractivity contribution in [2.24, 2.45) is 0 Å². The fourth-order valence-corrected chi connectivity index (χ4v) is 3.68. The molecule has 5 nitrogen and oxygen atoms in total. The van der Waals surface area contributed by atoms with Gasteiger partial charge >= 0.3 is 0 Å². The summed E-state index contributed by atoms with van der Waals surface area (Å²) in [6.07, 6.45) is 0.580. The number of rotatable bonds is 4. The molecule has 0 N–H and O–H groups in total. The summed E-state index contributed by atoms with van der Waals surface area (Å²) >= 11 is 7.00. The predicted octanol–water partition coefficient (Wildman–Crippen LogP) is 2.54. The number of halogens is 2. The van der Waals surface area contributed by atoms with Gasteiger partial charge in [0.15, 0.2) is 0 Å². The molecule has 1 atom stereocenters. The molecule has 2 aromatic rings. The zero-order chi connectivity index (χ0) is 17.1. The fraction of sp³-hybridized carbons (Fsp3) is 0.438. The summed E-state index contributed by atoms with van der Waals surface area (Å²) in [4.78, 5) is 20.3. The molecule has 1 amide bonds. The molecule has 3 rings (SSSR count). The lowest BCUT2D eigenvalue weighted by Crippen LogP contribution is -2.54. The molecule has 1 aromatic carbocycles. The number of aromatic nitrogens is 2. The molecule has 1 unspecified atom stereocenters. The SMILES string of the molecule is CC1CN(c2nc(Cc3ccc(F)cc3)ns2)CCN1C(=O)CCl. The van der Waals surface area contributed by atoms with Gasteiger partial charge in [-0.05, 0) is 24.6 Å². The number of nitrogens with zero attached hydrogens (tertiary/aromatic N) is 4. The Bertz CT molecular complexity index is 708. The summed E-state index contributed by atoms with van der Waals surface area (Å²) < 4.78 is 17.3. The van der Waals surface area contributed by atoms with Crippen LogP contribution in [0.2, 0.25) is 0 Å². The topological polar surface area (TPSA) is 49.3 Å². The minimum atomic E-state index is -0.246. The second kappa shape index (κ2) is 7.44. The first-order valence-electron chi connectivity index (χ1n) is 7.74. The monoisotopic (exact) mass is 368 g/mol. The smallest absolute Gasteiger partial charge is 0.237 e. The highest BCUT2D eigenvalue weighted by Gasteiger charge is 2.28. The molecule has 0 aliphatic carbocycles. The van der Waals surface area contributed by atoms with Crippen LogP contribution in [0.25, 0.3) is 0 Å². The maximum absolute atomic E-state index is 13.0. The van der Waals surface area contributed by atoms with Gasteiger partial charge in [-0.15, -0.1) is 11.6 Å². The van der Waals surface area contributed by atoms with E-state index >= 15 is 0 Å². The van der Waals surface area contributed by atoms with E-state index < -0.39 is 0 Å². The Kier molecular flexibility index (Phi) is 5.30. The number of piperazine rings is 1. The maximum Gasteiger partial charge on any atom is 0.237 e. The molecule has 128 valence electrons. The third kappa shape index (κ3) is 3.84. The van der Waals surface area contributed by atoms with Gasteiger partial charge in [0.25, 0.3) is 0 Å². The van der Waals surface area contributed by atoms with E-state index in [4.69, 9.17) is 11.6 Å². The average molecular weight is 369 g/mol. The molecule has 1 saturated heterocycles. The zero-order valence-electron chi connectivity index (χ0n) is 13.3. The molecule has 1 fully saturated rings. The van der Waals surface area contributed by atoms with E-state index in [0.717, 1.165) is 23.1 Å². The Hall–Kier alpha value is -1.73. The van der Waals surface area contributed by atoms with Crippen molar-refractivity contribution in [3.63, 3.8) is 0 Å². The van der Waals surface area contributed by atoms with Crippen molar-refractivity contribution in [3.8, 4) is 0 Å². The molecular formula is C16H18ClFN4OS. The minimum Gasteiger partial charge on any atom is -0.343 e. The van der Waals surface area contributed by atoms with Gasteiger partial charge in [0, 0.05) is 43.6 Å². The van der Waals surface area contributed by atoms with Gasteiger partial charge in [0.05, 0.1) is 0 Å². The van der Waals surface area contributed by atoms with Crippen molar-refractivity contribution < 1.29 is 9.18 Å². The van der Waals surface area contributed by atoms with Crippen LogP contribution in [0.4, 0.5) is 9.52 Å². The summed E-state index contributed by atoms with van der Waals surface area (Å²) in [6, 6.07) is 6.47. The summed E-state index contributed by atoms with van der Waals surface area (Å²) in [7, 11) is 0. The van der Waals surface area contributed by atoms with Gasteiger partial charge in [-0.25, -0.2) is 9.37 Å². The first-order chi connectivity index (χ1) is 11.6. The third-order valence-corrected chi connectivity index (χ3v) is 5.11. The van der Waals surface area contributed by atoms with E-state index in [1.165, 1.54) is 23.7 Å². The minimum absolute atomic E-state index is 0.0188. The van der Waals surface area contributed by atoms with E-state index in [9.17, 15) is 9.18 Å². The molecule has 0 bridgehead atoms. The third-order valence-electron chi connectivity index (χ3n) is 4.07. The molecule has 0 radical (unpaired) electrons. The Balaban J connectivity index is 1.63. The quantitative estimate of drug-likeness (QED) is 0.778. The number of carbonyl (C=O) groups excluding carboxylic acids is 1. The summed E-state index contributed by atoms with van der Waals surface area (Å²) in [5.74, 6) is 0.473. The number of hydrogen-bond acceptors (Lipinski definition) is 5. The molecule has 1 aromatic heterocycles. The summed E-state index contributed by atoms with van der Waals surface area (Å²) in [5, 5.41) is 0.858. The van der Waals surface area contributed by atoms with Crippen LogP contribution in [0, 0.1) is 5.82 Å². The van der Waals surface area contributed by atoms with Crippen molar-refractivity contribution in [1.82, 2.24) is 14.3 Å². The molecule has 2 heterocycles. The molecular weight excluding hydrogens is 351 g/mol. The summed E-state index contributed by atoms with van der Waals surface area (Å²) in [6.45, 7) is 4.09. The molecule has 24 heavy (non-hydrogen) atoms. The first-order valence-corrected chi connectivity index (χ1v) is 9.05. The van der Waals surface area contributed by atoms with Crippen LogP contribution in [-0.2, 0) is 11.2 Å². The van der Waals surface area contributed by atoms with Gasteiger partial charge in [0.1, 0.15) is 17.5 Å². The highest BCUT2D eigenvalue weighted by atomic mass is 35.5. The van der Waals surface area contributed by atoms with Crippen molar-refractivity contribution >= 4 is 34.2 Å². The van der Waals surface area contributed by atoms with E-state index in [1.54, 1.807) is 12.1 Å². The Morgan fingerprint density at radius 1 is 1.38 bits per heavy atom. The van der Waals surface area contributed by atoms with Crippen molar-refractivity contribution in [1.29, 1.82) is 0 Å². The van der Waals surface area contributed by atoms with E-state index in [1.807, 2.05) is 11.8 Å². The number of alkyl halides is 1.